The molecule has 108 valence electrons. The van der Waals surface area contributed by atoms with E-state index >= 15 is 0 Å². The molecule has 0 unspecified atom stereocenters. The van der Waals surface area contributed by atoms with E-state index in [0.29, 0.717) is 0 Å². The standard InChI is InChI=1S/C17H23NO2/c1-12-4-7-14(8-5-12)17(2,3)16(20)18-15-9-6-13(10-15)11-19/h4-9,13,15,19H,10-11H2,1-3H3,(H,18,20)/t13-,15+/m0/s1. The minimum absolute atomic E-state index is 0.0228. The van der Waals surface area contributed by atoms with Crippen molar-refractivity contribution in [2.45, 2.75) is 38.6 Å². The maximum Gasteiger partial charge on any atom is 0.230 e. The number of hydrogen-bond acceptors (Lipinski definition) is 2. The molecule has 2 N–H and O–H groups in total. The molecule has 0 spiro atoms. The predicted molar refractivity (Wildman–Crippen MR) is 80.5 cm³/mol. The summed E-state index contributed by atoms with van der Waals surface area (Å²) in [6, 6.07) is 8.11. The van der Waals surface area contributed by atoms with Crippen molar-refractivity contribution in [3.63, 3.8) is 0 Å². The summed E-state index contributed by atoms with van der Waals surface area (Å²) >= 11 is 0. The SMILES string of the molecule is Cc1ccc(C(C)(C)C(=O)N[C@@H]2C=C[C@H](CO)C2)cc1. The van der Waals surface area contributed by atoms with Gasteiger partial charge in [-0.15, -0.1) is 0 Å². The van der Waals surface area contributed by atoms with Gasteiger partial charge in [0.1, 0.15) is 0 Å². The van der Waals surface area contributed by atoms with E-state index in [1.807, 2.05) is 57.2 Å². The molecule has 2 rings (SSSR count). The van der Waals surface area contributed by atoms with Gasteiger partial charge in [-0.05, 0) is 32.8 Å². The third-order valence-electron chi connectivity index (χ3n) is 4.06. The van der Waals surface area contributed by atoms with Crippen molar-refractivity contribution in [1.82, 2.24) is 5.32 Å². The number of hydrogen-bond donors (Lipinski definition) is 2. The van der Waals surface area contributed by atoms with Crippen LogP contribution < -0.4 is 5.32 Å². The van der Waals surface area contributed by atoms with Gasteiger partial charge in [0.05, 0.1) is 5.41 Å². The van der Waals surface area contributed by atoms with Crippen molar-refractivity contribution in [3.8, 4) is 0 Å². The zero-order chi connectivity index (χ0) is 14.8. The van der Waals surface area contributed by atoms with Crippen LogP contribution in [0.15, 0.2) is 36.4 Å². The Morgan fingerprint density at radius 1 is 1.30 bits per heavy atom. The zero-order valence-electron chi connectivity index (χ0n) is 12.4. The number of rotatable bonds is 4. The van der Waals surface area contributed by atoms with E-state index in [-0.39, 0.29) is 24.5 Å². The molecule has 1 amide bonds. The van der Waals surface area contributed by atoms with E-state index in [1.54, 1.807) is 0 Å². The average Bonchev–Trinajstić information content (AvgIpc) is 2.87. The van der Waals surface area contributed by atoms with Crippen molar-refractivity contribution in [1.29, 1.82) is 0 Å². The van der Waals surface area contributed by atoms with E-state index in [0.717, 1.165) is 12.0 Å². The highest BCUT2D eigenvalue weighted by Crippen LogP contribution is 2.25. The molecule has 0 radical (unpaired) electrons. The Bertz CT molecular complexity index is 502. The molecule has 1 aliphatic carbocycles. The number of carbonyl (C=O) groups excluding carboxylic acids is 1. The highest BCUT2D eigenvalue weighted by atomic mass is 16.3. The van der Waals surface area contributed by atoms with Gasteiger partial charge in [0, 0.05) is 18.6 Å². The van der Waals surface area contributed by atoms with Gasteiger partial charge < -0.3 is 10.4 Å². The molecule has 0 heterocycles. The van der Waals surface area contributed by atoms with Gasteiger partial charge in [-0.3, -0.25) is 4.79 Å². The first-order valence-electron chi connectivity index (χ1n) is 7.11. The van der Waals surface area contributed by atoms with E-state index in [1.165, 1.54) is 5.56 Å². The fraction of sp³-hybridized carbons (Fsp3) is 0.471. The second-order valence-electron chi connectivity index (χ2n) is 6.13. The smallest absolute Gasteiger partial charge is 0.230 e. The number of amides is 1. The molecular weight excluding hydrogens is 250 g/mol. The summed E-state index contributed by atoms with van der Waals surface area (Å²) in [7, 11) is 0. The molecule has 1 aromatic carbocycles. The molecule has 1 aliphatic rings. The largest absolute Gasteiger partial charge is 0.396 e. The second kappa shape index (κ2) is 5.80. The van der Waals surface area contributed by atoms with Gasteiger partial charge in [0.15, 0.2) is 0 Å². The van der Waals surface area contributed by atoms with Crippen LogP contribution in [0.25, 0.3) is 0 Å². The van der Waals surface area contributed by atoms with Gasteiger partial charge in [-0.25, -0.2) is 0 Å². The lowest BCUT2D eigenvalue weighted by Gasteiger charge is -2.26. The third-order valence-corrected chi connectivity index (χ3v) is 4.06. The predicted octanol–water partition coefficient (Wildman–Crippen LogP) is 2.33. The lowest BCUT2D eigenvalue weighted by Crippen LogP contribution is -2.44. The molecule has 0 bridgehead atoms. The summed E-state index contributed by atoms with van der Waals surface area (Å²) < 4.78 is 0. The molecule has 1 aromatic rings. The number of aliphatic hydroxyl groups excluding tert-OH is 1. The summed E-state index contributed by atoms with van der Waals surface area (Å²) in [6.07, 6.45) is 4.74. The molecule has 3 nitrogen and oxygen atoms in total. The van der Waals surface area contributed by atoms with Crippen LogP contribution in [0.3, 0.4) is 0 Å². The second-order valence-corrected chi connectivity index (χ2v) is 6.13. The summed E-state index contributed by atoms with van der Waals surface area (Å²) in [5.41, 5.74) is 1.65. The Labute approximate surface area is 120 Å². The molecule has 0 saturated carbocycles. The summed E-state index contributed by atoms with van der Waals surface area (Å²) in [5.74, 6) is 0.192. The minimum atomic E-state index is -0.557. The first-order chi connectivity index (χ1) is 9.43. The quantitative estimate of drug-likeness (QED) is 0.827. The van der Waals surface area contributed by atoms with E-state index in [9.17, 15) is 4.79 Å². The lowest BCUT2D eigenvalue weighted by molar-refractivity contribution is -0.126. The molecule has 0 saturated heterocycles. The zero-order valence-corrected chi connectivity index (χ0v) is 12.4. The van der Waals surface area contributed by atoms with Gasteiger partial charge in [-0.1, -0.05) is 42.0 Å². The minimum Gasteiger partial charge on any atom is -0.396 e. The Morgan fingerprint density at radius 2 is 1.95 bits per heavy atom. The van der Waals surface area contributed by atoms with Crippen LogP contribution in [0.2, 0.25) is 0 Å². The van der Waals surface area contributed by atoms with Crippen molar-refractivity contribution in [2.24, 2.45) is 5.92 Å². The van der Waals surface area contributed by atoms with Gasteiger partial charge in [0.25, 0.3) is 0 Å². The molecule has 20 heavy (non-hydrogen) atoms. The fourth-order valence-electron chi connectivity index (χ4n) is 2.47. The number of benzene rings is 1. The van der Waals surface area contributed by atoms with Crippen LogP contribution >= 0.6 is 0 Å². The molecule has 0 aromatic heterocycles. The lowest BCUT2D eigenvalue weighted by atomic mass is 9.83. The summed E-state index contributed by atoms with van der Waals surface area (Å²) in [5, 5.41) is 12.2. The van der Waals surface area contributed by atoms with E-state index in [4.69, 9.17) is 5.11 Å². The molecule has 0 aliphatic heterocycles. The molecule has 0 fully saturated rings. The van der Waals surface area contributed by atoms with Crippen molar-refractivity contribution in [3.05, 3.63) is 47.5 Å². The molecular formula is C17H23NO2. The van der Waals surface area contributed by atoms with Crippen LogP contribution in [0.4, 0.5) is 0 Å². The van der Waals surface area contributed by atoms with E-state index < -0.39 is 5.41 Å². The molecule has 3 heteroatoms. The number of carbonyl (C=O) groups is 1. The van der Waals surface area contributed by atoms with Crippen LogP contribution in [0, 0.1) is 12.8 Å². The Hall–Kier alpha value is -1.61. The first-order valence-corrected chi connectivity index (χ1v) is 7.11. The summed E-state index contributed by atoms with van der Waals surface area (Å²) in [6.45, 7) is 6.06. The highest BCUT2D eigenvalue weighted by Gasteiger charge is 2.31. The van der Waals surface area contributed by atoms with Gasteiger partial charge in [0.2, 0.25) is 5.91 Å². The summed E-state index contributed by atoms with van der Waals surface area (Å²) in [4.78, 5) is 12.5. The first kappa shape index (κ1) is 14.8. The van der Waals surface area contributed by atoms with Gasteiger partial charge in [-0.2, -0.15) is 0 Å². The van der Waals surface area contributed by atoms with Crippen molar-refractivity contribution in [2.75, 3.05) is 6.61 Å². The van der Waals surface area contributed by atoms with E-state index in [2.05, 4.69) is 5.32 Å². The van der Waals surface area contributed by atoms with Crippen LogP contribution in [-0.2, 0) is 10.2 Å². The Morgan fingerprint density at radius 3 is 2.50 bits per heavy atom. The number of aliphatic hydroxyl groups is 1. The average molecular weight is 273 g/mol. The van der Waals surface area contributed by atoms with Crippen molar-refractivity contribution >= 4 is 5.91 Å². The maximum absolute atomic E-state index is 12.5. The number of aryl methyl sites for hydroxylation is 1. The molecule has 2 atom stereocenters. The maximum atomic E-state index is 12.5. The fourth-order valence-corrected chi connectivity index (χ4v) is 2.47. The normalized spacial score (nSPS) is 22.0. The van der Waals surface area contributed by atoms with Crippen LogP contribution in [0.5, 0.6) is 0 Å². The highest BCUT2D eigenvalue weighted by molar-refractivity contribution is 5.87. The number of nitrogens with one attached hydrogen (secondary N) is 1. The Balaban J connectivity index is 2.04. The van der Waals surface area contributed by atoms with Gasteiger partial charge >= 0.3 is 0 Å². The Kier molecular flexibility index (Phi) is 4.29. The van der Waals surface area contributed by atoms with Crippen LogP contribution in [0.1, 0.15) is 31.4 Å². The third kappa shape index (κ3) is 3.10. The topological polar surface area (TPSA) is 49.3 Å². The monoisotopic (exact) mass is 273 g/mol. The van der Waals surface area contributed by atoms with Crippen LogP contribution in [-0.4, -0.2) is 23.7 Å². The van der Waals surface area contributed by atoms with Crippen molar-refractivity contribution < 1.29 is 9.90 Å².